The predicted molar refractivity (Wildman–Crippen MR) is 95.5 cm³/mol. The molecule has 4 N–H and O–H groups in total. The van der Waals surface area contributed by atoms with E-state index in [1.807, 2.05) is 48.5 Å². The molecule has 0 bridgehead atoms. The molecular formula is C18H20N4O2. The summed E-state index contributed by atoms with van der Waals surface area (Å²) >= 11 is 0. The summed E-state index contributed by atoms with van der Waals surface area (Å²) in [7, 11) is 0. The number of aliphatic hydroxyl groups is 2. The summed E-state index contributed by atoms with van der Waals surface area (Å²) in [5.74, 6) is 1.13. The Morgan fingerprint density at radius 2 is 1.92 bits per heavy atom. The van der Waals surface area contributed by atoms with E-state index >= 15 is 0 Å². The number of para-hydroxylation sites is 1. The molecule has 0 saturated heterocycles. The predicted octanol–water partition coefficient (Wildman–Crippen LogP) is 2.83. The Labute approximate surface area is 140 Å². The van der Waals surface area contributed by atoms with Gasteiger partial charge in [-0.15, -0.1) is 0 Å². The van der Waals surface area contributed by atoms with Crippen LogP contribution in [0.4, 0.5) is 17.5 Å². The Balaban J connectivity index is 1.95. The molecular weight excluding hydrogens is 304 g/mol. The molecule has 0 amide bonds. The van der Waals surface area contributed by atoms with E-state index in [9.17, 15) is 5.11 Å². The van der Waals surface area contributed by atoms with Crippen molar-refractivity contribution in [2.24, 2.45) is 0 Å². The van der Waals surface area contributed by atoms with E-state index in [1.54, 1.807) is 6.92 Å². The Morgan fingerprint density at radius 3 is 2.71 bits per heavy atom. The van der Waals surface area contributed by atoms with Crippen LogP contribution in [-0.4, -0.2) is 33.3 Å². The third-order valence-corrected chi connectivity index (χ3v) is 3.63. The molecule has 24 heavy (non-hydrogen) atoms. The lowest BCUT2D eigenvalue weighted by atomic mass is 10.1. The molecule has 124 valence electrons. The van der Waals surface area contributed by atoms with Crippen LogP contribution in [-0.2, 0) is 0 Å². The van der Waals surface area contributed by atoms with Crippen molar-refractivity contribution in [3.05, 3.63) is 54.1 Å². The van der Waals surface area contributed by atoms with E-state index in [4.69, 9.17) is 5.11 Å². The fourth-order valence-electron chi connectivity index (χ4n) is 2.45. The van der Waals surface area contributed by atoms with Gasteiger partial charge in [0.15, 0.2) is 0 Å². The van der Waals surface area contributed by atoms with Crippen LogP contribution in [0, 0.1) is 0 Å². The summed E-state index contributed by atoms with van der Waals surface area (Å²) < 4.78 is 0. The van der Waals surface area contributed by atoms with Crippen molar-refractivity contribution < 1.29 is 10.2 Å². The van der Waals surface area contributed by atoms with Gasteiger partial charge in [-0.2, -0.15) is 4.98 Å². The van der Waals surface area contributed by atoms with Crippen LogP contribution in [0.15, 0.2) is 48.5 Å². The number of hydrogen-bond acceptors (Lipinski definition) is 6. The minimum atomic E-state index is -0.536. The topological polar surface area (TPSA) is 90.3 Å². The van der Waals surface area contributed by atoms with Gasteiger partial charge in [0, 0.05) is 17.6 Å². The maximum absolute atomic E-state index is 9.70. The first kappa shape index (κ1) is 16.2. The molecule has 0 saturated carbocycles. The van der Waals surface area contributed by atoms with E-state index in [1.165, 1.54) is 0 Å². The molecule has 1 aromatic heterocycles. The number of aromatic nitrogens is 2. The summed E-state index contributed by atoms with van der Waals surface area (Å²) in [5, 5.41) is 25.9. The molecule has 2 aromatic carbocycles. The first-order valence-electron chi connectivity index (χ1n) is 7.84. The highest BCUT2D eigenvalue weighted by Gasteiger charge is 2.08. The molecule has 6 nitrogen and oxygen atoms in total. The maximum Gasteiger partial charge on any atom is 0.229 e. The van der Waals surface area contributed by atoms with Gasteiger partial charge in [0.05, 0.1) is 18.2 Å². The Kier molecular flexibility index (Phi) is 4.88. The van der Waals surface area contributed by atoms with E-state index in [-0.39, 0.29) is 6.61 Å². The third-order valence-electron chi connectivity index (χ3n) is 3.63. The van der Waals surface area contributed by atoms with E-state index < -0.39 is 6.10 Å². The molecule has 3 rings (SSSR count). The first-order valence-corrected chi connectivity index (χ1v) is 7.84. The lowest BCUT2D eigenvalue weighted by Gasteiger charge is -2.12. The van der Waals surface area contributed by atoms with Gasteiger partial charge in [0.1, 0.15) is 5.82 Å². The highest BCUT2D eigenvalue weighted by atomic mass is 16.3. The average molecular weight is 324 g/mol. The van der Waals surface area contributed by atoms with Crippen LogP contribution < -0.4 is 10.6 Å². The monoisotopic (exact) mass is 324 g/mol. The molecule has 0 unspecified atom stereocenters. The molecule has 0 radical (unpaired) electrons. The lowest BCUT2D eigenvalue weighted by molar-refractivity contribution is 0.199. The SMILES string of the molecule is C[C@@H](O)c1cccc(Nc2nc(NCCO)c3ccccc3n2)c1. The van der Waals surface area contributed by atoms with Crippen molar-refractivity contribution in [3.8, 4) is 0 Å². The molecule has 0 aliphatic heterocycles. The number of fused-ring (bicyclic) bond motifs is 1. The fraction of sp³-hybridized carbons (Fsp3) is 0.222. The maximum atomic E-state index is 9.70. The number of nitrogens with zero attached hydrogens (tertiary/aromatic N) is 2. The van der Waals surface area contributed by atoms with Crippen molar-refractivity contribution in [2.45, 2.75) is 13.0 Å². The smallest absolute Gasteiger partial charge is 0.229 e. The molecule has 1 heterocycles. The Morgan fingerprint density at radius 1 is 1.08 bits per heavy atom. The van der Waals surface area contributed by atoms with Crippen molar-refractivity contribution in [3.63, 3.8) is 0 Å². The number of nitrogens with one attached hydrogen (secondary N) is 2. The number of anilines is 3. The third kappa shape index (κ3) is 3.61. The van der Waals surface area contributed by atoms with Gasteiger partial charge in [-0.3, -0.25) is 0 Å². The molecule has 3 aromatic rings. The van der Waals surface area contributed by atoms with Gasteiger partial charge in [-0.1, -0.05) is 24.3 Å². The number of benzene rings is 2. The van der Waals surface area contributed by atoms with Gasteiger partial charge in [-0.25, -0.2) is 4.98 Å². The van der Waals surface area contributed by atoms with Crippen LogP contribution in [0.5, 0.6) is 0 Å². The molecule has 6 heteroatoms. The fourth-order valence-corrected chi connectivity index (χ4v) is 2.45. The van der Waals surface area contributed by atoms with Crippen molar-refractivity contribution in [1.29, 1.82) is 0 Å². The zero-order chi connectivity index (χ0) is 16.9. The second-order valence-electron chi connectivity index (χ2n) is 5.49. The summed E-state index contributed by atoms with van der Waals surface area (Å²) in [6.07, 6.45) is -0.536. The van der Waals surface area contributed by atoms with Gasteiger partial charge < -0.3 is 20.8 Å². The van der Waals surface area contributed by atoms with Crippen LogP contribution in [0.2, 0.25) is 0 Å². The number of hydrogen-bond donors (Lipinski definition) is 4. The molecule has 0 aliphatic carbocycles. The van der Waals surface area contributed by atoms with Crippen molar-refractivity contribution in [2.75, 3.05) is 23.8 Å². The average Bonchev–Trinajstić information content (AvgIpc) is 2.60. The largest absolute Gasteiger partial charge is 0.395 e. The normalized spacial score (nSPS) is 12.1. The number of aliphatic hydroxyl groups excluding tert-OH is 2. The van der Waals surface area contributed by atoms with Gasteiger partial charge in [0.25, 0.3) is 0 Å². The van der Waals surface area contributed by atoms with Gasteiger partial charge in [-0.05, 0) is 36.8 Å². The first-order chi connectivity index (χ1) is 11.7. The Hall–Kier alpha value is -2.70. The van der Waals surface area contributed by atoms with Crippen molar-refractivity contribution in [1.82, 2.24) is 9.97 Å². The minimum Gasteiger partial charge on any atom is -0.395 e. The van der Waals surface area contributed by atoms with E-state index in [0.717, 1.165) is 22.2 Å². The second-order valence-corrected chi connectivity index (χ2v) is 5.49. The molecule has 0 fully saturated rings. The van der Waals surface area contributed by atoms with Gasteiger partial charge >= 0.3 is 0 Å². The van der Waals surface area contributed by atoms with Gasteiger partial charge in [0.2, 0.25) is 5.95 Å². The standard InChI is InChI=1S/C18H20N4O2/c1-12(24)13-5-4-6-14(11-13)20-18-21-16-8-3-2-7-15(16)17(22-18)19-9-10-23/h2-8,11-12,23-24H,9-10H2,1H3,(H2,19,20,21,22)/t12-/m1/s1. The van der Waals surface area contributed by atoms with E-state index in [0.29, 0.717) is 18.3 Å². The highest BCUT2D eigenvalue weighted by molar-refractivity contribution is 5.90. The van der Waals surface area contributed by atoms with Crippen LogP contribution in [0.25, 0.3) is 10.9 Å². The molecule has 0 aliphatic rings. The Bertz CT molecular complexity index is 836. The quantitative estimate of drug-likeness (QED) is 0.557. The van der Waals surface area contributed by atoms with Crippen LogP contribution in [0.1, 0.15) is 18.6 Å². The molecule has 1 atom stereocenters. The second kappa shape index (κ2) is 7.25. The molecule has 0 spiro atoms. The zero-order valence-electron chi connectivity index (χ0n) is 13.4. The summed E-state index contributed by atoms with van der Waals surface area (Å²) in [6.45, 7) is 2.16. The summed E-state index contributed by atoms with van der Waals surface area (Å²) in [4.78, 5) is 9.03. The van der Waals surface area contributed by atoms with Crippen LogP contribution in [0.3, 0.4) is 0 Å². The summed E-state index contributed by atoms with van der Waals surface area (Å²) in [6, 6.07) is 15.2. The minimum absolute atomic E-state index is 0.0253. The van der Waals surface area contributed by atoms with Crippen LogP contribution >= 0.6 is 0 Å². The lowest BCUT2D eigenvalue weighted by Crippen LogP contribution is -2.09. The highest BCUT2D eigenvalue weighted by Crippen LogP contribution is 2.24. The summed E-state index contributed by atoms with van der Waals surface area (Å²) in [5.41, 5.74) is 2.43. The zero-order valence-corrected chi connectivity index (χ0v) is 13.4. The van der Waals surface area contributed by atoms with E-state index in [2.05, 4.69) is 20.6 Å². The number of rotatable bonds is 6. The van der Waals surface area contributed by atoms with Crippen molar-refractivity contribution >= 4 is 28.4 Å².